The Bertz CT molecular complexity index is 577. The number of rotatable bonds is 3. The van der Waals surface area contributed by atoms with Gasteiger partial charge in [0.25, 0.3) is 0 Å². The highest BCUT2D eigenvalue weighted by molar-refractivity contribution is 5.53. The highest BCUT2D eigenvalue weighted by Gasteiger charge is 2.19. The molecule has 0 radical (unpaired) electrons. The zero-order valence-electron chi connectivity index (χ0n) is 12.3. The van der Waals surface area contributed by atoms with Crippen molar-refractivity contribution in [1.82, 2.24) is 15.5 Å². The molecule has 106 valence electrons. The van der Waals surface area contributed by atoms with Gasteiger partial charge in [0.15, 0.2) is 0 Å². The van der Waals surface area contributed by atoms with Crippen LogP contribution in [0.2, 0.25) is 0 Å². The van der Waals surface area contributed by atoms with Gasteiger partial charge < -0.3 is 9.73 Å². The van der Waals surface area contributed by atoms with Gasteiger partial charge in [0, 0.05) is 31.0 Å². The van der Waals surface area contributed by atoms with Gasteiger partial charge in [0.1, 0.15) is 0 Å². The second kappa shape index (κ2) is 5.02. The van der Waals surface area contributed by atoms with Crippen molar-refractivity contribution >= 4 is 0 Å². The topological polar surface area (TPSA) is 51.0 Å². The number of benzene rings is 1. The van der Waals surface area contributed by atoms with Crippen molar-refractivity contribution in [2.24, 2.45) is 5.41 Å². The first kappa shape index (κ1) is 13.3. The van der Waals surface area contributed by atoms with E-state index in [1.54, 1.807) is 0 Å². The molecule has 4 nitrogen and oxygen atoms in total. The van der Waals surface area contributed by atoms with Crippen LogP contribution < -0.4 is 5.32 Å². The Morgan fingerprint density at radius 2 is 1.85 bits per heavy atom. The Labute approximate surface area is 119 Å². The minimum atomic E-state index is 0.158. The van der Waals surface area contributed by atoms with Gasteiger partial charge in [-0.05, 0) is 23.1 Å². The number of nitrogens with zero attached hydrogens (tertiary/aromatic N) is 2. The van der Waals surface area contributed by atoms with Crippen LogP contribution in [0.5, 0.6) is 0 Å². The van der Waals surface area contributed by atoms with E-state index in [9.17, 15) is 0 Å². The second-order valence-corrected chi connectivity index (χ2v) is 6.72. The quantitative estimate of drug-likeness (QED) is 0.932. The van der Waals surface area contributed by atoms with Crippen molar-refractivity contribution in [2.45, 2.75) is 33.1 Å². The molecule has 1 N–H and O–H groups in total. The number of aromatic nitrogens is 2. The van der Waals surface area contributed by atoms with Gasteiger partial charge in [-0.1, -0.05) is 32.9 Å². The molecule has 0 amide bonds. The normalized spacial score (nSPS) is 16.1. The summed E-state index contributed by atoms with van der Waals surface area (Å²) in [6, 6.07) is 8.47. The number of nitrogens with one attached hydrogen (secondary N) is 1. The van der Waals surface area contributed by atoms with Crippen LogP contribution in [0.4, 0.5) is 0 Å². The van der Waals surface area contributed by atoms with Crippen LogP contribution >= 0.6 is 0 Å². The van der Waals surface area contributed by atoms with Crippen LogP contribution in [0.25, 0.3) is 11.5 Å². The fraction of sp³-hybridized carbons (Fsp3) is 0.500. The molecular weight excluding hydrogens is 250 g/mol. The lowest BCUT2D eigenvalue weighted by Gasteiger charge is -2.27. The summed E-state index contributed by atoms with van der Waals surface area (Å²) in [5.74, 6) is 1.98. The number of hydrogen-bond donors (Lipinski definition) is 1. The maximum atomic E-state index is 5.75. The Balaban J connectivity index is 1.75. The third-order valence-corrected chi connectivity index (χ3v) is 3.56. The number of hydrogen-bond acceptors (Lipinski definition) is 4. The van der Waals surface area contributed by atoms with Gasteiger partial charge >= 0.3 is 0 Å². The molecule has 1 aliphatic rings. The second-order valence-electron chi connectivity index (χ2n) is 6.72. The average molecular weight is 271 g/mol. The average Bonchev–Trinajstić information content (AvgIpc) is 2.74. The summed E-state index contributed by atoms with van der Waals surface area (Å²) in [6.07, 6.45) is 0.797. The van der Waals surface area contributed by atoms with E-state index < -0.39 is 0 Å². The summed E-state index contributed by atoms with van der Waals surface area (Å²) in [5.41, 5.74) is 2.53. The lowest BCUT2D eigenvalue weighted by molar-refractivity contribution is 0.357. The Morgan fingerprint density at radius 1 is 1.15 bits per heavy atom. The molecule has 0 unspecified atom stereocenters. The molecule has 0 aliphatic carbocycles. The molecule has 1 aromatic heterocycles. The maximum Gasteiger partial charge on any atom is 0.247 e. The first-order valence-corrected chi connectivity index (χ1v) is 7.15. The predicted octanol–water partition coefficient (Wildman–Crippen LogP) is 3.01. The van der Waals surface area contributed by atoms with Crippen molar-refractivity contribution in [3.63, 3.8) is 0 Å². The van der Waals surface area contributed by atoms with Crippen LogP contribution in [-0.2, 0) is 6.42 Å². The third kappa shape index (κ3) is 2.90. The summed E-state index contributed by atoms with van der Waals surface area (Å²) in [6.45, 7) is 8.65. The van der Waals surface area contributed by atoms with Crippen molar-refractivity contribution in [1.29, 1.82) is 0 Å². The fourth-order valence-electron chi connectivity index (χ4n) is 2.32. The molecule has 0 bridgehead atoms. The molecule has 0 atom stereocenters. The molecule has 1 aliphatic heterocycles. The Hall–Kier alpha value is -1.68. The molecule has 4 heteroatoms. The van der Waals surface area contributed by atoms with Crippen LogP contribution in [0.15, 0.2) is 28.7 Å². The van der Waals surface area contributed by atoms with Crippen molar-refractivity contribution in [3.8, 4) is 11.5 Å². The largest absolute Gasteiger partial charge is 0.421 e. The lowest BCUT2D eigenvalue weighted by atomic mass is 9.92. The van der Waals surface area contributed by atoms with Crippen molar-refractivity contribution in [2.75, 3.05) is 13.1 Å². The van der Waals surface area contributed by atoms with Crippen LogP contribution in [0.3, 0.4) is 0 Å². The van der Waals surface area contributed by atoms with Crippen LogP contribution in [0, 0.1) is 5.41 Å². The highest BCUT2D eigenvalue weighted by atomic mass is 16.4. The summed E-state index contributed by atoms with van der Waals surface area (Å²) in [4.78, 5) is 0. The van der Waals surface area contributed by atoms with E-state index in [4.69, 9.17) is 4.42 Å². The first-order valence-electron chi connectivity index (χ1n) is 7.15. The van der Waals surface area contributed by atoms with E-state index in [0.717, 1.165) is 25.1 Å². The van der Waals surface area contributed by atoms with E-state index >= 15 is 0 Å². The molecule has 1 saturated heterocycles. The lowest BCUT2D eigenvalue weighted by Crippen LogP contribution is -2.39. The van der Waals surface area contributed by atoms with Crippen LogP contribution in [0.1, 0.15) is 38.1 Å². The van der Waals surface area contributed by atoms with E-state index in [1.165, 1.54) is 5.56 Å². The maximum absolute atomic E-state index is 5.75. The fourth-order valence-corrected chi connectivity index (χ4v) is 2.32. The van der Waals surface area contributed by atoms with Crippen LogP contribution in [-0.4, -0.2) is 23.3 Å². The predicted molar refractivity (Wildman–Crippen MR) is 78.5 cm³/mol. The molecule has 3 rings (SSSR count). The monoisotopic (exact) mass is 271 g/mol. The smallest absolute Gasteiger partial charge is 0.247 e. The summed E-state index contributed by atoms with van der Waals surface area (Å²) >= 11 is 0. The van der Waals surface area contributed by atoms with E-state index in [-0.39, 0.29) is 5.41 Å². The zero-order chi connectivity index (χ0) is 14.2. The molecule has 2 heterocycles. The summed E-state index contributed by atoms with van der Waals surface area (Å²) in [7, 11) is 0. The Kier molecular flexibility index (Phi) is 3.34. The van der Waals surface area contributed by atoms with Gasteiger partial charge in [-0.2, -0.15) is 0 Å². The molecule has 0 spiro atoms. The van der Waals surface area contributed by atoms with Gasteiger partial charge in [-0.3, -0.25) is 0 Å². The van der Waals surface area contributed by atoms with Gasteiger partial charge in [0.05, 0.1) is 0 Å². The van der Waals surface area contributed by atoms with Gasteiger partial charge in [-0.15, -0.1) is 10.2 Å². The molecule has 0 saturated carbocycles. The summed E-state index contributed by atoms with van der Waals surface area (Å²) in [5, 5.41) is 11.6. The van der Waals surface area contributed by atoms with Gasteiger partial charge in [0.2, 0.25) is 11.8 Å². The summed E-state index contributed by atoms with van der Waals surface area (Å²) < 4.78 is 5.75. The molecule has 1 fully saturated rings. The standard InChI is InChI=1S/C16H21N3O/c1-16(2,3)8-14-18-19-15(20-14)12-6-4-11(5-7-12)13-9-17-10-13/h4-7,13,17H,8-10H2,1-3H3. The minimum Gasteiger partial charge on any atom is -0.421 e. The molecule has 20 heavy (non-hydrogen) atoms. The van der Waals surface area contributed by atoms with E-state index in [1.807, 2.05) is 0 Å². The first-order chi connectivity index (χ1) is 9.51. The molecule has 1 aromatic carbocycles. The van der Waals surface area contributed by atoms with E-state index in [0.29, 0.717) is 17.7 Å². The minimum absolute atomic E-state index is 0.158. The third-order valence-electron chi connectivity index (χ3n) is 3.56. The Morgan fingerprint density at radius 3 is 2.40 bits per heavy atom. The zero-order valence-corrected chi connectivity index (χ0v) is 12.3. The van der Waals surface area contributed by atoms with E-state index in [2.05, 4.69) is 60.6 Å². The van der Waals surface area contributed by atoms with Gasteiger partial charge in [-0.25, -0.2) is 0 Å². The molecular formula is C16H21N3O. The highest BCUT2D eigenvalue weighted by Crippen LogP contribution is 2.26. The van der Waals surface area contributed by atoms with Crippen molar-refractivity contribution in [3.05, 3.63) is 35.7 Å². The SMILES string of the molecule is CC(C)(C)Cc1nnc(-c2ccc(C3CNC3)cc2)o1. The van der Waals surface area contributed by atoms with Crippen molar-refractivity contribution < 1.29 is 4.42 Å². The molecule has 2 aromatic rings.